The van der Waals surface area contributed by atoms with Crippen molar-refractivity contribution in [2.24, 2.45) is 0 Å². The SMILES string of the molecule is CN(C)Cc1cnc(Nc2ccc(N3CCOCC3)cc2)cc1Nc1ccccc1C#N.O=C(O)C(F)(F)F. The van der Waals surface area contributed by atoms with Crippen molar-refractivity contribution in [3.8, 4) is 6.07 Å². The van der Waals surface area contributed by atoms with Crippen LogP contribution in [0, 0.1) is 11.3 Å². The lowest BCUT2D eigenvalue weighted by Crippen LogP contribution is -2.36. The highest BCUT2D eigenvalue weighted by molar-refractivity contribution is 5.73. The number of benzene rings is 2. The van der Waals surface area contributed by atoms with Gasteiger partial charge in [-0.05, 0) is 50.5 Å². The topological polar surface area (TPSA) is 114 Å². The summed E-state index contributed by atoms with van der Waals surface area (Å²) in [5, 5.41) is 23.4. The number of rotatable bonds is 7. The van der Waals surface area contributed by atoms with Gasteiger partial charge in [0.15, 0.2) is 0 Å². The molecule has 0 bridgehead atoms. The molecule has 0 amide bonds. The van der Waals surface area contributed by atoms with E-state index >= 15 is 0 Å². The molecule has 2 aromatic carbocycles. The molecule has 1 aromatic heterocycles. The van der Waals surface area contributed by atoms with Crippen molar-refractivity contribution in [1.29, 1.82) is 5.26 Å². The molecule has 4 rings (SSSR count). The Bertz CT molecular complexity index is 1290. The van der Waals surface area contributed by atoms with Crippen LogP contribution in [-0.2, 0) is 16.1 Å². The fourth-order valence-corrected chi connectivity index (χ4v) is 3.69. The molecule has 2 heterocycles. The maximum atomic E-state index is 10.6. The van der Waals surface area contributed by atoms with Crippen LogP contribution >= 0.6 is 0 Å². The van der Waals surface area contributed by atoms with Crippen LogP contribution in [-0.4, -0.2) is 67.5 Å². The van der Waals surface area contributed by atoms with E-state index in [4.69, 9.17) is 14.6 Å². The number of carboxylic acids is 1. The molecule has 1 fully saturated rings. The van der Waals surface area contributed by atoms with Crippen molar-refractivity contribution in [2.75, 3.05) is 55.9 Å². The zero-order valence-electron chi connectivity index (χ0n) is 21.5. The summed E-state index contributed by atoms with van der Waals surface area (Å²) >= 11 is 0. The molecule has 3 N–H and O–H groups in total. The summed E-state index contributed by atoms with van der Waals surface area (Å²) in [6.45, 7) is 4.11. The van der Waals surface area contributed by atoms with Gasteiger partial charge in [0.25, 0.3) is 0 Å². The molecule has 0 saturated carbocycles. The Hall–Kier alpha value is -4.34. The van der Waals surface area contributed by atoms with E-state index in [2.05, 4.69) is 55.8 Å². The molecule has 0 spiro atoms. The van der Waals surface area contributed by atoms with E-state index in [1.54, 1.807) is 0 Å². The smallest absolute Gasteiger partial charge is 0.475 e. The zero-order valence-corrected chi connectivity index (χ0v) is 21.5. The second-order valence-corrected chi connectivity index (χ2v) is 8.82. The summed E-state index contributed by atoms with van der Waals surface area (Å²) in [5.41, 5.74) is 5.52. The number of nitriles is 1. The maximum absolute atomic E-state index is 10.6. The number of para-hydroxylation sites is 1. The van der Waals surface area contributed by atoms with Gasteiger partial charge in [-0.2, -0.15) is 18.4 Å². The molecule has 0 radical (unpaired) electrons. The Morgan fingerprint density at radius 2 is 1.74 bits per heavy atom. The fourth-order valence-electron chi connectivity index (χ4n) is 3.69. The molecule has 0 atom stereocenters. The van der Waals surface area contributed by atoms with E-state index < -0.39 is 12.1 Å². The molecular weight excluding hydrogens is 513 g/mol. The average molecular weight is 543 g/mol. The number of anilines is 5. The molecule has 0 aliphatic carbocycles. The molecule has 9 nitrogen and oxygen atoms in total. The number of ether oxygens (including phenoxy) is 1. The minimum Gasteiger partial charge on any atom is -0.475 e. The number of carbonyl (C=O) groups is 1. The second-order valence-electron chi connectivity index (χ2n) is 8.82. The molecule has 12 heteroatoms. The standard InChI is InChI=1S/C25H28N6O.C2HF3O2/c1-30(2)18-20-17-27-25(15-24(20)29-23-6-4-3-5-19(23)16-26)28-21-7-9-22(10-8-21)31-11-13-32-14-12-31;3-2(4,5)1(6)7/h3-10,15,17H,11-14,18H2,1-2H3,(H2,27,28,29);(H,6,7). The zero-order chi connectivity index (χ0) is 28.4. The van der Waals surface area contributed by atoms with Gasteiger partial charge in [-0.1, -0.05) is 12.1 Å². The number of nitrogens with one attached hydrogen (secondary N) is 2. The average Bonchev–Trinajstić information content (AvgIpc) is 2.91. The van der Waals surface area contributed by atoms with Crippen LogP contribution in [0.5, 0.6) is 0 Å². The predicted octanol–water partition coefficient (Wildman–Crippen LogP) is 4.97. The summed E-state index contributed by atoms with van der Waals surface area (Å²) in [4.78, 5) is 17.9. The van der Waals surface area contributed by atoms with E-state index in [0.717, 1.165) is 61.3 Å². The van der Waals surface area contributed by atoms with Gasteiger partial charge < -0.3 is 30.3 Å². The monoisotopic (exact) mass is 542 g/mol. The summed E-state index contributed by atoms with van der Waals surface area (Å²) in [6.07, 6.45) is -3.21. The van der Waals surface area contributed by atoms with Crippen molar-refractivity contribution in [2.45, 2.75) is 12.7 Å². The van der Waals surface area contributed by atoms with E-state index in [-0.39, 0.29) is 0 Å². The van der Waals surface area contributed by atoms with Gasteiger partial charge >= 0.3 is 12.1 Å². The molecule has 1 saturated heterocycles. The minimum atomic E-state index is -5.08. The quantitative estimate of drug-likeness (QED) is 0.381. The molecule has 1 aliphatic heterocycles. The number of aliphatic carboxylic acids is 1. The number of hydrogen-bond acceptors (Lipinski definition) is 8. The highest BCUT2D eigenvalue weighted by Gasteiger charge is 2.38. The van der Waals surface area contributed by atoms with Gasteiger partial charge in [-0.3, -0.25) is 0 Å². The Morgan fingerprint density at radius 1 is 1.10 bits per heavy atom. The number of morpholine rings is 1. The van der Waals surface area contributed by atoms with Gasteiger partial charge in [0.2, 0.25) is 0 Å². The largest absolute Gasteiger partial charge is 0.490 e. The number of alkyl halides is 3. The van der Waals surface area contributed by atoms with Crippen LogP contribution in [0.25, 0.3) is 0 Å². The number of nitrogens with zero attached hydrogens (tertiary/aromatic N) is 4. The third kappa shape index (κ3) is 8.87. The minimum absolute atomic E-state index is 0.605. The fraction of sp³-hybridized carbons (Fsp3) is 0.296. The van der Waals surface area contributed by atoms with Gasteiger partial charge in [-0.15, -0.1) is 0 Å². The Labute approximate surface area is 224 Å². The first-order valence-corrected chi connectivity index (χ1v) is 12.0. The maximum Gasteiger partial charge on any atom is 0.490 e. The van der Waals surface area contributed by atoms with Crippen molar-refractivity contribution < 1.29 is 27.8 Å². The number of hydrogen-bond donors (Lipinski definition) is 3. The Balaban J connectivity index is 0.000000532. The Kier molecular flexibility index (Phi) is 10.1. The molecular formula is C27H29F3N6O3. The second kappa shape index (κ2) is 13.5. The lowest BCUT2D eigenvalue weighted by atomic mass is 10.1. The molecule has 39 heavy (non-hydrogen) atoms. The summed E-state index contributed by atoms with van der Waals surface area (Å²) in [7, 11) is 4.05. The first kappa shape index (κ1) is 29.2. The van der Waals surface area contributed by atoms with Crippen molar-refractivity contribution >= 4 is 34.5 Å². The lowest BCUT2D eigenvalue weighted by Gasteiger charge is -2.28. The van der Waals surface area contributed by atoms with Gasteiger partial charge in [0, 0.05) is 54.5 Å². The number of halogens is 3. The molecule has 3 aromatic rings. The van der Waals surface area contributed by atoms with Crippen LogP contribution < -0.4 is 15.5 Å². The van der Waals surface area contributed by atoms with E-state index in [1.807, 2.05) is 50.6 Å². The van der Waals surface area contributed by atoms with E-state index in [0.29, 0.717) is 5.56 Å². The normalized spacial score (nSPS) is 13.2. The third-order valence-electron chi connectivity index (χ3n) is 5.55. The van der Waals surface area contributed by atoms with Crippen LogP contribution in [0.3, 0.4) is 0 Å². The van der Waals surface area contributed by atoms with Gasteiger partial charge in [0.1, 0.15) is 11.9 Å². The number of aromatic nitrogens is 1. The number of carboxylic acid groups (broad SMARTS) is 1. The van der Waals surface area contributed by atoms with Crippen LogP contribution in [0.1, 0.15) is 11.1 Å². The van der Waals surface area contributed by atoms with Crippen LogP contribution in [0.4, 0.5) is 41.7 Å². The molecule has 1 aliphatic rings. The van der Waals surface area contributed by atoms with Gasteiger partial charge in [0.05, 0.1) is 24.5 Å². The summed E-state index contributed by atoms with van der Waals surface area (Å²) in [6, 6.07) is 20.1. The van der Waals surface area contributed by atoms with E-state index in [9.17, 15) is 18.4 Å². The predicted molar refractivity (Wildman–Crippen MR) is 143 cm³/mol. The van der Waals surface area contributed by atoms with E-state index in [1.165, 1.54) is 5.69 Å². The Morgan fingerprint density at radius 3 is 2.33 bits per heavy atom. The van der Waals surface area contributed by atoms with Gasteiger partial charge in [-0.25, -0.2) is 9.78 Å². The third-order valence-corrected chi connectivity index (χ3v) is 5.55. The lowest BCUT2D eigenvalue weighted by molar-refractivity contribution is -0.192. The highest BCUT2D eigenvalue weighted by atomic mass is 19.4. The van der Waals surface area contributed by atoms with Crippen molar-refractivity contribution in [1.82, 2.24) is 9.88 Å². The summed E-state index contributed by atoms with van der Waals surface area (Å²) in [5.74, 6) is -2.02. The first-order valence-electron chi connectivity index (χ1n) is 12.0. The van der Waals surface area contributed by atoms with Crippen LogP contribution in [0.15, 0.2) is 60.8 Å². The van der Waals surface area contributed by atoms with Crippen molar-refractivity contribution in [3.63, 3.8) is 0 Å². The first-order chi connectivity index (χ1) is 18.6. The molecule has 0 unspecified atom stereocenters. The summed E-state index contributed by atoms with van der Waals surface area (Å²) < 4.78 is 37.2. The number of pyridine rings is 1. The highest BCUT2D eigenvalue weighted by Crippen LogP contribution is 2.28. The molecule has 206 valence electrons. The van der Waals surface area contributed by atoms with Crippen molar-refractivity contribution in [3.05, 3.63) is 71.9 Å². The van der Waals surface area contributed by atoms with Crippen LogP contribution in [0.2, 0.25) is 0 Å².